The van der Waals surface area contributed by atoms with E-state index in [-0.39, 0.29) is 5.82 Å². The zero-order valence-corrected chi connectivity index (χ0v) is 13.2. The third-order valence-electron chi connectivity index (χ3n) is 3.34. The summed E-state index contributed by atoms with van der Waals surface area (Å²) in [6.07, 6.45) is 1.24. The number of nitrogens with one attached hydrogen (secondary N) is 1. The van der Waals surface area contributed by atoms with Gasteiger partial charge in [0.05, 0.1) is 0 Å². The molecule has 1 aromatic carbocycles. The molecule has 4 nitrogen and oxygen atoms in total. The third kappa shape index (κ3) is 3.27. The van der Waals surface area contributed by atoms with Crippen LogP contribution in [0.5, 0.6) is 0 Å². The molecule has 0 bridgehead atoms. The van der Waals surface area contributed by atoms with Gasteiger partial charge >= 0.3 is 0 Å². The lowest BCUT2D eigenvalue weighted by atomic mass is 10.1. The third-order valence-corrected chi connectivity index (χ3v) is 5.98. The zero-order chi connectivity index (χ0) is 14.8. The molecule has 0 spiro atoms. The van der Waals surface area contributed by atoms with Gasteiger partial charge in [-0.15, -0.1) is 0 Å². The summed E-state index contributed by atoms with van der Waals surface area (Å²) in [6.45, 7) is 0.991. The van der Waals surface area contributed by atoms with E-state index in [2.05, 4.69) is 5.32 Å². The van der Waals surface area contributed by atoms with Crippen LogP contribution < -0.4 is 10.2 Å². The number of hydrogen-bond acceptors (Lipinski definition) is 5. The van der Waals surface area contributed by atoms with E-state index in [0.29, 0.717) is 30.1 Å². The first-order valence-corrected chi connectivity index (χ1v) is 9.51. The van der Waals surface area contributed by atoms with Crippen LogP contribution in [0, 0.1) is 5.82 Å². The highest BCUT2D eigenvalue weighted by Crippen LogP contribution is 2.30. The van der Waals surface area contributed by atoms with Crippen LogP contribution in [0.2, 0.25) is 0 Å². The predicted molar refractivity (Wildman–Crippen MR) is 82.5 cm³/mol. The number of hydrogen-bond donors (Lipinski definition) is 1. The molecule has 2 rings (SSSR count). The minimum atomic E-state index is -3.21. The average Bonchev–Trinajstić information content (AvgIpc) is 2.40. The van der Waals surface area contributed by atoms with Gasteiger partial charge in [-0.1, -0.05) is 6.07 Å². The van der Waals surface area contributed by atoms with Gasteiger partial charge in [-0.25, -0.2) is 12.8 Å². The highest BCUT2D eigenvalue weighted by atomic mass is 32.2. The number of sulfone groups is 1. The molecule has 1 aliphatic heterocycles. The Morgan fingerprint density at radius 3 is 2.90 bits per heavy atom. The highest BCUT2D eigenvalue weighted by Gasteiger charge is 2.32. The molecule has 20 heavy (non-hydrogen) atoms. The number of anilines is 1. The van der Waals surface area contributed by atoms with Gasteiger partial charge in [0.15, 0.2) is 9.84 Å². The summed E-state index contributed by atoms with van der Waals surface area (Å²) in [5.41, 5.74) is 1.20. The minimum Gasteiger partial charge on any atom is -0.353 e. The van der Waals surface area contributed by atoms with E-state index in [0.717, 1.165) is 5.75 Å². The first-order chi connectivity index (χ1) is 9.45. The Kier molecular flexibility index (Phi) is 4.93. The number of nitrogens with zero attached hydrogens (tertiary/aromatic N) is 1. The molecule has 0 radical (unpaired) electrons. The van der Waals surface area contributed by atoms with Crippen molar-refractivity contribution in [2.45, 2.75) is 11.9 Å². The van der Waals surface area contributed by atoms with E-state index in [9.17, 15) is 12.8 Å². The molecule has 1 aromatic rings. The van der Waals surface area contributed by atoms with Gasteiger partial charge in [-0.2, -0.15) is 11.8 Å². The molecule has 1 saturated heterocycles. The lowest BCUT2D eigenvalue weighted by molar-refractivity contribution is 0.579. The van der Waals surface area contributed by atoms with Crippen molar-refractivity contribution in [1.29, 1.82) is 0 Å². The number of benzene rings is 1. The van der Waals surface area contributed by atoms with Gasteiger partial charge in [0, 0.05) is 42.1 Å². The Bertz CT molecular complexity index is 578. The van der Waals surface area contributed by atoms with E-state index < -0.39 is 15.2 Å². The van der Waals surface area contributed by atoms with Gasteiger partial charge < -0.3 is 10.2 Å². The van der Waals surface area contributed by atoms with Crippen LogP contribution in [0.1, 0.15) is 5.56 Å². The van der Waals surface area contributed by atoms with E-state index in [1.807, 2.05) is 4.90 Å². The maximum Gasteiger partial charge on any atom is 0.169 e. The molecule has 1 fully saturated rings. The Morgan fingerprint density at radius 1 is 1.50 bits per heavy atom. The maximum atomic E-state index is 14.0. The SMILES string of the molecule is CNCc1c(F)cccc1N1CCSCC1S(C)(=O)=O. The summed E-state index contributed by atoms with van der Waals surface area (Å²) in [5.74, 6) is 1.07. The minimum absolute atomic E-state index is 0.303. The van der Waals surface area contributed by atoms with E-state index >= 15 is 0 Å². The van der Waals surface area contributed by atoms with Crippen LogP contribution in [-0.2, 0) is 16.4 Å². The van der Waals surface area contributed by atoms with Gasteiger partial charge in [0.1, 0.15) is 11.2 Å². The molecule has 0 aliphatic carbocycles. The van der Waals surface area contributed by atoms with Crippen molar-refractivity contribution < 1.29 is 12.8 Å². The molecule has 0 amide bonds. The van der Waals surface area contributed by atoms with E-state index in [1.165, 1.54) is 12.3 Å². The Labute approximate surface area is 123 Å². The number of thioether (sulfide) groups is 1. The Balaban J connectivity index is 2.45. The molecule has 1 atom stereocenters. The van der Waals surface area contributed by atoms with Crippen LogP contribution in [0.3, 0.4) is 0 Å². The van der Waals surface area contributed by atoms with Crippen molar-refractivity contribution in [3.63, 3.8) is 0 Å². The molecule has 112 valence electrons. The topological polar surface area (TPSA) is 49.4 Å². The van der Waals surface area contributed by atoms with Crippen molar-refractivity contribution in [3.05, 3.63) is 29.6 Å². The summed E-state index contributed by atoms with van der Waals surface area (Å²) < 4.78 is 37.9. The van der Waals surface area contributed by atoms with Gasteiger partial charge in [0.25, 0.3) is 0 Å². The second kappa shape index (κ2) is 6.32. The van der Waals surface area contributed by atoms with Crippen molar-refractivity contribution in [3.8, 4) is 0 Å². The summed E-state index contributed by atoms with van der Waals surface area (Å²) in [4.78, 5) is 1.82. The molecular formula is C13H19FN2O2S2. The largest absolute Gasteiger partial charge is 0.353 e. The van der Waals surface area contributed by atoms with E-state index in [1.54, 1.807) is 30.9 Å². The fraction of sp³-hybridized carbons (Fsp3) is 0.538. The van der Waals surface area contributed by atoms with Crippen LogP contribution in [-0.4, -0.2) is 45.1 Å². The normalized spacial score (nSPS) is 20.1. The molecule has 1 unspecified atom stereocenters. The Morgan fingerprint density at radius 2 is 2.25 bits per heavy atom. The van der Waals surface area contributed by atoms with Gasteiger partial charge in [0.2, 0.25) is 0 Å². The molecule has 1 aliphatic rings. The van der Waals surface area contributed by atoms with Crippen molar-refractivity contribution >= 4 is 27.3 Å². The average molecular weight is 318 g/mol. The summed E-state index contributed by atoms with van der Waals surface area (Å²) in [7, 11) is -1.46. The summed E-state index contributed by atoms with van der Waals surface area (Å²) in [5, 5.41) is 2.35. The molecule has 0 saturated carbocycles. The number of rotatable bonds is 4. The smallest absolute Gasteiger partial charge is 0.169 e. The van der Waals surface area contributed by atoms with Crippen LogP contribution >= 0.6 is 11.8 Å². The van der Waals surface area contributed by atoms with Gasteiger partial charge in [-0.3, -0.25) is 0 Å². The fourth-order valence-electron chi connectivity index (χ4n) is 2.38. The van der Waals surface area contributed by atoms with Crippen molar-refractivity contribution in [1.82, 2.24) is 5.32 Å². The first kappa shape index (κ1) is 15.6. The fourth-order valence-corrected chi connectivity index (χ4v) is 5.21. The summed E-state index contributed by atoms with van der Waals surface area (Å²) in [6, 6.07) is 4.83. The molecule has 1 heterocycles. The quantitative estimate of drug-likeness (QED) is 0.911. The monoisotopic (exact) mass is 318 g/mol. The maximum absolute atomic E-state index is 14.0. The molecule has 0 aromatic heterocycles. The summed E-state index contributed by atoms with van der Waals surface area (Å²) >= 11 is 1.62. The molecule has 7 heteroatoms. The second-order valence-corrected chi connectivity index (χ2v) is 8.17. The standard InChI is InChI=1S/C13H19FN2O2S2/c1-15-8-10-11(14)4-3-5-12(10)16-6-7-19-9-13(16)20(2,17)18/h3-5,13,15H,6-9H2,1-2H3. The second-order valence-electron chi connectivity index (χ2n) is 4.82. The predicted octanol–water partition coefficient (Wildman–Crippen LogP) is 1.47. The van der Waals surface area contributed by atoms with Crippen LogP contribution in [0.25, 0.3) is 0 Å². The van der Waals surface area contributed by atoms with Gasteiger partial charge in [-0.05, 0) is 19.2 Å². The van der Waals surface area contributed by atoms with Crippen molar-refractivity contribution in [2.75, 3.05) is 36.3 Å². The lowest BCUT2D eigenvalue weighted by Crippen LogP contribution is -2.47. The lowest BCUT2D eigenvalue weighted by Gasteiger charge is -2.37. The number of halogens is 1. The molecular weight excluding hydrogens is 299 g/mol. The first-order valence-electron chi connectivity index (χ1n) is 6.40. The molecule has 1 N–H and O–H groups in total. The van der Waals surface area contributed by atoms with E-state index in [4.69, 9.17) is 0 Å². The zero-order valence-electron chi connectivity index (χ0n) is 11.6. The van der Waals surface area contributed by atoms with Crippen LogP contribution in [0.15, 0.2) is 18.2 Å². The van der Waals surface area contributed by atoms with Crippen LogP contribution in [0.4, 0.5) is 10.1 Å². The van der Waals surface area contributed by atoms with Crippen molar-refractivity contribution in [2.24, 2.45) is 0 Å². The Hall–Kier alpha value is -0.790. The highest BCUT2D eigenvalue weighted by molar-refractivity contribution is 8.01.